The van der Waals surface area contributed by atoms with E-state index in [1.165, 1.54) is 12.0 Å². The van der Waals surface area contributed by atoms with Crippen LogP contribution < -0.4 is 5.32 Å². The van der Waals surface area contributed by atoms with Crippen LogP contribution in [0.15, 0.2) is 30.3 Å². The maximum atomic E-state index is 5.38. The number of nitrogens with one attached hydrogen (secondary N) is 1. The third kappa shape index (κ3) is 8.23. The molecule has 0 amide bonds. The van der Waals surface area contributed by atoms with Crippen LogP contribution in [-0.2, 0) is 15.9 Å². The smallest absolute Gasteiger partial charge is 0.0700 e. The van der Waals surface area contributed by atoms with E-state index in [9.17, 15) is 0 Å². The van der Waals surface area contributed by atoms with E-state index < -0.39 is 0 Å². The zero-order valence-electron chi connectivity index (χ0n) is 11.4. The summed E-state index contributed by atoms with van der Waals surface area (Å²) in [5.41, 5.74) is 1.42. The molecule has 3 nitrogen and oxygen atoms in total. The SMILES string of the molecule is COCCOCCCNCCCc1ccccc1. The molecule has 0 aromatic heterocycles. The van der Waals surface area contributed by atoms with Gasteiger partial charge in [-0.3, -0.25) is 0 Å². The van der Waals surface area contributed by atoms with Gasteiger partial charge in [0, 0.05) is 13.7 Å². The van der Waals surface area contributed by atoms with Crippen molar-refractivity contribution in [1.82, 2.24) is 5.32 Å². The molecule has 1 aromatic carbocycles. The summed E-state index contributed by atoms with van der Waals surface area (Å²) in [5, 5.41) is 3.44. The lowest BCUT2D eigenvalue weighted by Gasteiger charge is -2.06. The largest absolute Gasteiger partial charge is 0.382 e. The first-order valence-corrected chi connectivity index (χ1v) is 6.75. The van der Waals surface area contributed by atoms with Crippen LogP contribution in [0.2, 0.25) is 0 Å². The normalized spacial score (nSPS) is 10.7. The van der Waals surface area contributed by atoms with Crippen molar-refractivity contribution in [3.63, 3.8) is 0 Å². The molecule has 0 bridgehead atoms. The molecular weight excluding hydrogens is 226 g/mol. The molecule has 0 saturated carbocycles. The topological polar surface area (TPSA) is 30.5 Å². The minimum atomic E-state index is 0.685. The van der Waals surface area contributed by atoms with Crippen molar-refractivity contribution in [2.75, 3.05) is 40.0 Å². The second-order valence-corrected chi connectivity index (χ2v) is 4.30. The Bertz CT molecular complexity index is 277. The zero-order chi connectivity index (χ0) is 12.9. The first kappa shape index (κ1) is 15.2. The predicted molar refractivity (Wildman–Crippen MR) is 74.9 cm³/mol. The molecule has 0 aliphatic heterocycles. The minimum absolute atomic E-state index is 0.685. The van der Waals surface area contributed by atoms with E-state index in [1.54, 1.807) is 7.11 Å². The van der Waals surface area contributed by atoms with E-state index >= 15 is 0 Å². The van der Waals surface area contributed by atoms with Crippen molar-refractivity contribution in [3.8, 4) is 0 Å². The molecule has 1 rings (SSSR count). The highest BCUT2D eigenvalue weighted by Gasteiger charge is 1.92. The number of benzene rings is 1. The molecular formula is C15H25NO2. The Balaban J connectivity index is 1.82. The predicted octanol–water partition coefficient (Wildman–Crippen LogP) is 2.26. The third-order valence-corrected chi connectivity index (χ3v) is 2.74. The van der Waals surface area contributed by atoms with Gasteiger partial charge in [0.05, 0.1) is 13.2 Å². The van der Waals surface area contributed by atoms with Crippen LogP contribution in [0, 0.1) is 0 Å². The lowest BCUT2D eigenvalue weighted by molar-refractivity contribution is 0.0695. The highest BCUT2D eigenvalue weighted by atomic mass is 16.5. The molecule has 18 heavy (non-hydrogen) atoms. The fourth-order valence-electron chi connectivity index (χ4n) is 1.73. The summed E-state index contributed by atoms with van der Waals surface area (Å²) in [5.74, 6) is 0. The number of hydrogen-bond donors (Lipinski definition) is 1. The Morgan fingerprint density at radius 1 is 0.944 bits per heavy atom. The average molecular weight is 251 g/mol. The van der Waals surface area contributed by atoms with Gasteiger partial charge >= 0.3 is 0 Å². The van der Waals surface area contributed by atoms with E-state index in [0.717, 1.165) is 32.5 Å². The standard InChI is InChI=1S/C15H25NO2/c1-17-13-14-18-12-6-11-16-10-5-9-15-7-3-2-4-8-15/h2-4,7-8,16H,5-6,9-14H2,1H3. The number of aryl methyl sites for hydroxylation is 1. The van der Waals surface area contributed by atoms with Crippen molar-refractivity contribution < 1.29 is 9.47 Å². The van der Waals surface area contributed by atoms with Crippen LogP contribution in [0.1, 0.15) is 18.4 Å². The molecule has 0 saturated heterocycles. The summed E-state index contributed by atoms with van der Waals surface area (Å²) >= 11 is 0. The molecule has 0 unspecified atom stereocenters. The Kier molecular flexibility index (Phi) is 9.44. The molecule has 0 heterocycles. The minimum Gasteiger partial charge on any atom is -0.382 e. The number of methoxy groups -OCH3 is 1. The molecule has 1 N–H and O–H groups in total. The first-order valence-electron chi connectivity index (χ1n) is 6.75. The van der Waals surface area contributed by atoms with Gasteiger partial charge in [-0.05, 0) is 37.9 Å². The summed E-state index contributed by atoms with van der Waals surface area (Å²) in [6.45, 7) is 4.30. The quantitative estimate of drug-likeness (QED) is 0.612. The van der Waals surface area contributed by atoms with Crippen LogP contribution in [-0.4, -0.2) is 40.0 Å². The van der Waals surface area contributed by atoms with Crippen molar-refractivity contribution in [3.05, 3.63) is 35.9 Å². The van der Waals surface area contributed by atoms with Crippen molar-refractivity contribution in [2.24, 2.45) is 0 Å². The van der Waals surface area contributed by atoms with Gasteiger partial charge in [0.2, 0.25) is 0 Å². The summed E-state index contributed by atoms with van der Waals surface area (Å²) in [4.78, 5) is 0. The highest BCUT2D eigenvalue weighted by molar-refractivity contribution is 5.14. The van der Waals surface area contributed by atoms with Gasteiger partial charge in [0.1, 0.15) is 0 Å². The average Bonchev–Trinajstić information content (AvgIpc) is 2.42. The van der Waals surface area contributed by atoms with Gasteiger partial charge in [-0.1, -0.05) is 30.3 Å². The molecule has 1 aromatic rings. The van der Waals surface area contributed by atoms with E-state index in [4.69, 9.17) is 9.47 Å². The lowest BCUT2D eigenvalue weighted by Crippen LogP contribution is -2.19. The van der Waals surface area contributed by atoms with Crippen LogP contribution in [0.3, 0.4) is 0 Å². The monoisotopic (exact) mass is 251 g/mol. The zero-order valence-corrected chi connectivity index (χ0v) is 11.4. The van der Waals surface area contributed by atoms with Crippen LogP contribution >= 0.6 is 0 Å². The molecule has 0 fully saturated rings. The molecule has 0 spiro atoms. The molecule has 0 atom stereocenters. The van der Waals surface area contributed by atoms with E-state index in [2.05, 4.69) is 35.6 Å². The van der Waals surface area contributed by atoms with Gasteiger partial charge in [-0.2, -0.15) is 0 Å². The van der Waals surface area contributed by atoms with Gasteiger partial charge in [-0.15, -0.1) is 0 Å². The summed E-state index contributed by atoms with van der Waals surface area (Å²) in [6.07, 6.45) is 3.40. The highest BCUT2D eigenvalue weighted by Crippen LogP contribution is 2.01. The summed E-state index contributed by atoms with van der Waals surface area (Å²) < 4.78 is 10.3. The number of hydrogen-bond acceptors (Lipinski definition) is 3. The van der Waals surface area contributed by atoms with Crippen molar-refractivity contribution in [1.29, 1.82) is 0 Å². The van der Waals surface area contributed by atoms with Gasteiger partial charge in [-0.25, -0.2) is 0 Å². The van der Waals surface area contributed by atoms with E-state index in [1.807, 2.05) is 0 Å². The van der Waals surface area contributed by atoms with Gasteiger partial charge in [0.15, 0.2) is 0 Å². The Morgan fingerprint density at radius 2 is 1.72 bits per heavy atom. The lowest BCUT2D eigenvalue weighted by atomic mass is 10.1. The van der Waals surface area contributed by atoms with Crippen LogP contribution in [0.5, 0.6) is 0 Å². The Labute approximate surface area is 110 Å². The molecule has 0 radical (unpaired) electrons. The maximum absolute atomic E-state index is 5.38. The Morgan fingerprint density at radius 3 is 2.50 bits per heavy atom. The van der Waals surface area contributed by atoms with Crippen LogP contribution in [0.4, 0.5) is 0 Å². The number of ether oxygens (including phenoxy) is 2. The molecule has 3 heteroatoms. The fraction of sp³-hybridized carbons (Fsp3) is 0.600. The van der Waals surface area contributed by atoms with Gasteiger partial charge < -0.3 is 14.8 Å². The third-order valence-electron chi connectivity index (χ3n) is 2.74. The first-order chi connectivity index (χ1) is 8.93. The van der Waals surface area contributed by atoms with E-state index in [0.29, 0.717) is 13.2 Å². The van der Waals surface area contributed by atoms with Crippen molar-refractivity contribution >= 4 is 0 Å². The molecule has 102 valence electrons. The fourth-order valence-corrected chi connectivity index (χ4v) is 1.73. The number of rotatable bonds is 11. The second-order valence-electron chi connectivity index (χ2n) is 4.30. The second kappa shape index (κ2) is 11.2. The summed E-state index contributed by atoms with van der Waals surface area (Å²) in [6, 6.07) is 10.6. The maximum Gasteiger partial charge on any atom is 0.0700 e. The van der Waals surface area contributed by atoms with Gasteiger partial charge in [0.25, 0.3) is 0 Å². The molecule has 0 aliphatic carbocycles. The molecule has 0 aliphatic rings. The Hall–Kier alpha value is -0.900. The van der Waals surface area contributed by atoms with E-state index in [-0.39, 0.29) is 0 Å². The van der Waals surface area contributed by atoms with Crippen molar-refractivity contribution in [2.45, 2.75) is 19.3 Å². The summed E-state index contributed by atoms with van der Waals surface area (Å²) in [7, 11) is 1.69. The van der Waals surface area contributed by atoms with Crippen LogP contribution in [0.25, 0.3) is 0 Å².